The first-order chi connectivity index (χ1) is 15.7. The topological polar surface area (TPSA) is 85.4 Å². The van der Waals surface area contributed by atoms with Crippen molar-refractivity contribution in [3.8, 4) is 5.69 Å². The van der Waals surface area contributed by atoms with E-state index in [1.165, 1.54) is 17.2 Å². The van der Waals surface area contributed by atoms with Gasteiger partial charge in [-0.2, -0.15) is 0 Å². The third-order valence-corrected chi connectivity index (χ3v) is 6.80. The quantitative estimate of drug-likeness (QED) is 0.270. The molecule has 1 aliphatic heterocycles. The van der Waals surface area contributed by atoms with E-state index in [1.54, 1.807) is 24.3 Å². The molecule has 0 bridgehead atoms. The van der Waals surface area contributed by atoms with Crippen molar-refractivity contribution in [2.75, 3.05) is 0 Å². The van der Waals surface area contributed by atoms with Gasteiger partial charge in [0.05, 0.1) is 16.4 Å². The SMILES string of the molecule is Cc1ccc(-n2c(C)cc(/C=C3\SC(=O)N(Cc4ccccc4[N+](=O)[O-])C3=O)c2C)cc1C. The molecule has 7 nitrogen and oxygen atoms in total. The molecule has 4 rings (SSSR count). The molecule has 0 N–H and O–H groups in total. The lowest BCUT2D eigenvalue weighted by atomic mass is 10.1. The summed E-state index contributed by atoms with van der Waals surface area (Å²) in [5.41, 5.74) is 6.48. The number of imide groups is 1. The van der Waals surface area contributed by atoms with E-state index in [0.717, 1.165) is 39.3 Å². The number of thioether (sulfide) groups is 1. The highest BCUT2D eigenvalue weighted by molar-refractivity contribution is 8.18. The second kappa shape index (κ2) is 8.71. The fraction of sp³-hybridized carbons (Fsp3) is 0.200. The van der Waals surface area contributed by atoms with Gasteiger partial charge in [0.2, 0.25) is 0 Å². The number of aromatic nitrogens is 1. The molecule has 1 fully saturated rings. The van der Waals surface area contributed by atoms with E-state index >= 15 is 0 Å². The summed E-state index contributed by atoms with van der Waals surface area (Å²) in [6.07, 6.45) is 1.73. The van der Waals surface area contributed by atoms with Gasteiger partial charge < -0.3 is 4.57 Å². The summed E-state index contributed by atoms with van der Waals surface area (Å²) in [7, 11) is 0. The highest BCUT2D eigenvalue weighted by Crippen LogP contribution is 2.35. The van der Waals surface area contributed by atoms with E-state index in [1.807, 2.05) is 19.9 Å². The van der Waals surface area contributed by atoms with Gasteiger partial charge >= 0.3 is 0 Å². The first-order valence-electron chi connectivity index (χ1n) is 10.4. The Morgan fingerprint density at radius 1 is 1.00 bits per heavy atom. The molecule has 1 aliphatic rings. The number of rotatable bonds is 5. The minimum Gasteiger partial charge on any atom is -0.318 e. The Kier molecular flexibility index (Phi) is 5.95. The third-order valence-electron chi connectivity index (χ3n) is 5.90. The van der Waals surface area contributed by atoms with Gasteiger partial charge in [-0.3, -0.25) is 24.6 Å². The standard InChI is InChI=1S/C25H23N3O4S/c1-15-9-10-21(11-16(15)2)27-17(3)12-20(18(27)4)13-23-24(29)26(25(30)33-23)14-19-7-5-6-8-22(19)28(31)32/h5-13H,14H2,1-4H3/b23-13-. The summed E-state index contributed by atoms with van der Waals surface area (Å²) >= 11 is 0.854. The van der Waals surface area contributed by atoms with Crippen LogP contribution in [0, 0.1) is 37.8 Å². The Morgan fingerprint density at radius 2 is 1.73 bits per heavy atom. The van der Waals surface area contributed by atoms with Crippen LogP contribution in [0.3, 0.4) is 0 Å². The Labute approximate surface area is 195 Å². The molecule has 33 heavy (non-hydrogen) atoms. The zero-order valence-corrected chi connectivity index (χ0v) is 19.6. The van der Waals surface area contributed by atoms with Crippen LogP contribution in [0.5, 0.6) is 0 Å². The number of carbonyl (C=O) groups excluding carboxylic acids is 2. The lowest BCUT2D eigenvalue weighted by molar-refractivity contribution is -0.385. The number of para-hydroxylation sites is 1. The minimum atomic E-state index is -0.508. The first-order valence-corrected chi connectivity index (χ1v) is 11.2. The summed E-state index contributed by atoms with van der Waals surface area (Å²) < 4.78 is 2.12. The summed E-state index contributed by atoms with van der Waals surface area (Å²) in [4.78, 5) is 37.7. The number of benzene rings is 2. The molecule has 0 spiro atoms. The molecule has 3 aromatic rings. The summed E-state index contributed by atoms with van der Waals surface area (Å²) in [5, 5.41) is 10.9. The van der Waals surface area contributed by atoms with Crippen LogP contribution < -0.4 is 0 Å². The van der Waals surface area contributed by atoms with Crippen LogP contribution in [-0.4, -0.2) is 25.5 Å². The van der Waals surface area contributed by atoms with Gasteiger partial charge in [-0.1, -0.05) is 24.3 Å². The predicted molar refractivity (Wildman–Crippen MR) is 129 cm³/mol. The van der Waals surface area contributed by atoms with E-state index in [2.05, 4.69) is 36.6 Å². The van der Waals surface area contributed by atoms with Gasteiger partial charge in [-0.15, -0.1) is 0 Å². The molecule has 8 heteroatoms. The largest absolute Gasteiger partial charge is 0.318 e. The second-order valence-electron chi connectivity index (χ2n) is 8.08. The molecule has 2 heterocycles. The molecule has 0 unspecified atom stereocenters. The normalized spacial score (nSPS) is 15.0. The number of hydrogen-bond acceptors (Lipinski definition) is 5. The first kappa shape index (κ1) is 22.5. The van der Waals surface area contributed by atoms with Crippen LogP contribution in [0.2, 0.25) is 0 Å². The maximum Gasteiger partial charge on any atom is 0.293 e. The zero-order valence-electron chi connectivity index (χ0n) is 18.8. The molecule has 2 amide bonds. The predicted octanol–water partition coefficient (Wildman–Crippen LogP) is 5.86. The van der Waals surface area contributed by atoms with Crippen molar-refractivity contribution in [3.05, 3.63) is 97.2 Å². The maximum atomic E-state index is 13.0. The van der Waals surface area contributed by atoms with Crippen molar-refractivity contribution in [1.82, 2.24) is 9.47 Å². The van der Waals surface area contributed by atoms with Crippen LogP contribution in [0.15, 0.2) is 53.4 Å². The van der Waals surface area contributed by atoms with E-state index in [4.69, 9.17) is 0 Å². The average molecular weight is 462 g/mol. The van der Waals surface area contributed by atoms with Crippen molar-refractivity contribution in [2.45, 2.75) is 34.2 Å². The Hall–Kier alpha value is -3.65. The van der Waals surface area contributed by atoms with E-state index in [-0.39, 0.29) is 12.2 Å². The molecule has 0 radical (unpaired) electrons. The number of hydrogen-bond donors (Lipinski definition) is 0. The molecule has 2 aromatic carbocycles. The fourth-order valence-corrected chi connectivity index (χ4v) is 4.80. The summed E-state index contributed by atoms with van der Waals surface area (Å²) in [5.74, 6) is -0.445. The van der Waals surface area contributed by atoms with Gasteiger partial charge in [0.15, 0.2) is 0 Å². The Morgan fingerprint density at radius 3 is 2.42 bits per heavy atom. The Bertz CT molecular complexity index is 1340. The monoisotopic (exact) mass is 461 g/mol. The van der Waals surface area contributed by atoms with Crippen LogP contribution in [0.25, 0.3) is 11.8 Å². The Balaban J connectivity index is 1.65. The van der Waals surface area contributed by atoms with Crippen molar-refractivity contribution in [2.24, 2.45) is 0 Å². The van der Waals surface area contributed by atoms with E-state index in [0.29, 0.717) is 10.5 Å². The van der Waals surface area contributed by atoms with Crippen molar-refractivity contribution in [1.29, 1.82) is 0 Å². The molecular formula is C25H23N3O4S. The summed E-state index contributed by atoms with van der Waals surface area (Å²) in [6, 6.07) is 14.4. The van der Waals surface area contributed by atoms with Crippen LogP contribution in [0.1, 0.15) is 33.6 Å². The van der Waals surface area contributed by atoms with Gasteiger partial charge in [-0.05, 0) is 80.4 Å². The van der Waals surface area contributed by atoms with Gasteiger partial charge in [-0.25, -0.2) is 0 Å². The van der Waals surface area contributed by atoms with Gasteiger partial charge in [0.1, 0.15) is 0 Å². The molecular weight excluding hydrogens is 438 g/mol. The number of amides is 2. The lowest BCUT2D eigenvalue weighted by Gasteiger charge is -2.12. The molecule has 168 valence electrons. The highest BCUT2D eigenvalue weighted by atomic mass is 32.2. The number of nitro groups is 1. The molecule has 1 aromatic heterocycles. The lowest BCUT2D eigenvalue weighted by Crippen LogP contribution is -2.27. The second-order valence-corrected chi connectivity index (χ2v) is 9.08. The number of aryl methyl sites for hydroxylation is 3. The third kappa shape index (κ3) is 4.21. The number of nitrogens with zero attached hydrogens (tertiary/aromatic N) is 3. The summed E-state index contributed by atoms with van der Waals surface area (Å²) in [6.45, 7) is 7.98. The van der Waals surface area contributed by atoms with Gasteiger partial charge in [0, 0.05) is 28.7 Å². The van der Waals surface area contributed by atoms with Crippen molar-refractivity contribution >= 4 is 34.7 Å². The zero-order chi connectivity index (χ0) is 23.9. The van der Waals surface area contributed by atoms with Gasteiger partial charge in [0.25, 0.3) is 16.8 Å². The van der Waals surface area contributed by atoms with Crippen LogP contribution in [-0.2, 0) is 11.3 Å². The number of nitro benzene ring substituents is 1. The molecule has 0 saturated carbocycles. The highest BCUT2D eigenvalue weighted by Gasteiger charge is 2.36. The smallest absolute Gasteiger partial charge is 0.293 e. The van der Waals surface area contributed by atoms with Crippen molar-refractivity contribution < 1.29 is 14.5 Å². The molecule has 0 atom stereocenters. The van der Waals surface area contributed by atoms with E-state index < -0.39 is 16.1 Å². The average Bonchev–Trinajstić information content (AvgIpc) is 3.19. The van der Waals surface area contributed by atoms with Crippen LogP contribution >= 0.6 is 11.8 Å². The van der Waals surface area contributed by atoms with Crippen LogP contribution in [0.4, 0.5) is 10.5 Å². The van der Waals surface area contributed by atoms with Crippen molar-refractivity contribution in [3.63, 3.8) is 0 Å². The van der Waals surface area contributed by atoms with E-state index in [9.17, 15) is 19.7 Å². The number of carbonyl (C=O) groups is 2. The maximum absolute atomic E-state index is 13.0. The molecule has 0 aliphatic carbocycles. The molecule has 1 saturated heterocycles. The minimum absolute atomic E-state index is 0.113. The fourth-order valence-electron chi connectivity index (χ4n) is 3.97.